The van der Waals surface area contributed by atoms with E-state index in [0.717, 1.165) is 5.56 Å². The predicted molar refractivity (Wildman–Crippen MR) is 92.1 cm³/mol. The van der Waals surface area contributed by atoms with Crippen LogP contribution in [0.5, 0.6) is 0 Å². The zero-order valence-corrected chi connectivity index (χ0v) is 14.0. The number of primary amides is 1. The molecule has 0 radical (unpaired) electrons. The first-order valence-electron chi connectivity index (χ1n) is 7.09. The molecule has 0 aliphatic carbocycles. The number of benzene rings is 2. The molecule has 3 rings (SSSR count). The molecule has 0 fully saturated rings. The Balaban J connectivity index is 1.77. The molecule has 1 aromatic heterocycles. The minimum absolute atomic E-state index is 0.224. The summed E-state index contributed by atoms with van der Waals surface area (Å²) in [4.78, 5) is 26.3. The highest BCUT2D eigenvalue weighted by Gasteiger charge is 2.12. The van der Waals surface area contributed by atoms with E-state index in [1.54, 1.807) is 30.3 Å². The summed E-state index contributed by atoms with van der Waals surface area (Å²) in [5, 5.41) is 3.07. The highest BCUT2D eigenvalue weighted by atomic mass is 79.9. The fourth-order valence-corrected chi connectivity index (χ4v) is 2.82. The Morgan fingerprint density at radius 2 is 2.00 bits per heavy atom. The van der Waals surface area contributed by atoms with Crippen LogP contribution < -0.4 is 11.1 Å². The molecule has 4 N–H and O–H groups in total. The number of hydrogen-bond acceptors (Lipinski definition) is 2. The molecule has 0 aliphatic rings. The van der Waals surface area contributed by atoms with E-state index in [0.29, 0.717) is 20.9 Å². The Bertz CT molecular complexity index is 952. The molecule has 0 saturated carbocycles. The summed E-state index contributed by atoms with van der Waals surface area (Å²) in [5.41, 5.74) is 7.13. The lowest BCUT2D eigenvalue weighted by Gasteiger charge is -2.05. The summed E-state index contributed by atoms with van der Waals surface area (Å²) in [6.45, 7) is 0.224. The summed E-state index contributed by atoms with van der Waals surface area (Å²) in [6.07, 6.45) is 0. The van der Waals surface area contributed by atoms with Crippen molar-refractivity contribution in [2.24, 2.45) is 5.73 Å². The zero-order valence-electron chi connectivity index (χ0n) is 12.4. The van der Waals surface area contributed by atoms with Crippen molar-refractivity contribution < 1.29 is 14.0 Å². The lowest BCUT2D eigenvalue weighted by Crippen LogP contribution is -2.23. The minimum Gasteiger partial charge on any atom is -0.366 e. The van der Waals surface area contributed by atoms with Crippen molar-refractivity contribution in [1.29, 1.82) is 0 Å². The van der Waals surface area contributed by atoms with Gasteiger partial charge >= 0.3 is 0 Å². The predicted octanol–water partition coefficient (Wildman–Crippen LogP) is 3.10. The summed E-state index contributed by atoms with van der Waals surface area (Å²) < 4.78 is 14.5. The molecule has 5 nitrogen and oxygen atoms in total. The van der Waals surface area contributed by atoms with Gasteiger partial charge in [-0.1, -0.05) is 28.1 Å². The van der Waals surface area contributed by atoms with Gasteiger partial charge in [0.15, 0.2) is 0 Å². The van der Waals surface area contributed by atoms with Crippen molar-refractivity contribution in [2.75, 3.05) is 0 Å². The third-order valence-corrected chi connectivity index (χ3v) is 4.02. The van der Waals surface area contributed by atoms with Crippen molar-refractivity contribution in [1.82, 2.24) is 10.3 Å². The average molecular weight is 390 g/mol. The fraction of sp³-hybridized carbons (Fsp3) is 0.0588. The fourth-order valence-electron chi connectivity index (χ4n) is 2.39. The molecular weight excluding hydrogens is 377 g/mol. The molecule has 3 aromatic rings. The maximum atomic E-state index is 13.9. The maximum Gasteiger partial charge on any atom is 0.267 e. The van der Waals surface area contributed by atoms with Crippen LogP contribution in [0.25, 0.3) is 10.9 Å². The van der Waals surface area contributed by atoms with Gasteiger partial charge < -0.3 is 16.0 Å². The van der Waals surface area contributed by atoms with Gasteiger partial charge in [-0.2, -0.15) is 0 Å². The number of nitrogens with two attached hydrogens (primary N) is 1. The van der Waals surface area contributed by atoms with E-state index in [9.17, 15) is 14.0 Å². The summed E-state index contributed by atoms with van der Waals surface area (Å²) in [6, 6.07) is 11.2. The third-order valence-electron chi connectivity index (χ3n) is 3.56. The topological polar surface area (TPSA) is 88.0 Å². The van der Waals surface area contributed by atoms with Crippen LogP contribution in [-0.4, -0.2) is 16.8 Å². The van der Waals surface area contributed by atoms with Gasteiger partial charge in [-0.25, -0.2) is 4.39 Å². The number of fused-ring (bicyclic) bond motifs is 1. The van der Waals surface area contributed by atoms with E-state index >= 15 is 0 Å². The Morgan fingerprint density at radius 1 is 1.21 bits per heavy atom. The molecule has 2 aromatic carbocycles. The van der Waals surface area contributed by atoms with Crippen LogP contribution in [0.3, 0.4) is 0 Å². The van der Waals surface area contributed by atoms with E-state index < -0.39 is 11.7 Å². The Kier molecular flexibility index (Phi) is 4.35. The zero-order chi connectivity index (χ0) is 17.3. The van der Waals surface area contributed by atoms with Gasteiger partial charge in [0.1, 0.15) is 11.5 Å². The van der Waals surface area contributed by atoms with E-state index in [2.05, 4.69) is 26.2 Å². The number of nitrogens with one attached hydrogen (secondary N) is 2. The number of halogens is 2. The molecule has 0 saturated heterocycles. The van der Waals surface area contributed by atoms with Crippen molar-refractivity contribution in [3.05, 3.63) is 69.6 Å². The molecule has 0 spiro atoms. The Morgan fingerprint density at radius 3 is 2.75 bits per heavy atom. The molecule has 1 heterocycles. The van der Waals surface area contributed by atoms with Gasteiger partial charge in [0, 0.05) is 22.0 Å². The number of aromatic amines is 1. The second kappa shape index (κ2) is 6.45. The number of H-pyrrole nitrogens is 1. The second-order valence-corrected chi connectivity index (χ2v) is 6.19. The van der Waals surface area contributed by atoms with Crippen molar-refractivity contribution in [3.63, 3.8) is 0 Å². The van der Waals surface area contributed by atoms with Crippen LogP contribution in [0.2, 0.25) is 0 Å². The molecule has 2 amide bonds. The lowest BCUT2D eigenvalue weighted by molar-refractivity contribution is 0.0946. The van der Waals surface area contributed by atoms with Gasteiger partial charge in [-0.05, 0) is 35.9 Å². The Hall–Kier alpha value is -2.67. The van der Waals surface area contributed by atoms with Gasteiger partial charge in [-0.3, -0.25) is 9.59 Å². The summed E-state index contributed by atoms with van der Waals surface area (Å²) >= 11 is 3.21. The van der Waals surface area contributed by atoms with Crippen molar-refractivity contribution >= 4 is 38.6 Å². The van der Waals surface area contributed by atoms with Crippen LogP contribution in [-0.2, 0) is 6.54 Å². The molecule has 0 atom stereocenters. The van der Waals surface area contributed by atoms with Gasteiger partial charge in [0.2, 0.25) is 5.91 Å². The summed E-state index contributed by atoms with van der Waals surface area (Å²) in [7, 11) is 0. The largest absolute Gasteiger partial charge is 0.366 e. The number of carbonyl (C=O) groups is 2. The smallest absolute Gasteiger partial charge is 0.267 e. The molecule has 0 unspecified atom stereocenters. The maximum absolute atomic E-state index is 13.9. The lowest BCUT2D eigenvalue weighted by atomic mass is 10.1. The van der Waals surface area contributed by atoms with E-state index in [-0.39, 0.29) is 18.1 Å². The molecule has 24 heavy (non-hydrogen) atoms. The van der Waals surface area contributed by atoms with E-state index in [1.807, 2.05) is 0 Å². The van der Waals surface area contributed by atoms with Crippen molar-refractivity contribution in [3.8, 4) is 0 Å². The Labute approximate surface area is 145 Å². The first-order valence-corrected chi connectivity index (χ1v) is 7.88. The highest BCUT2D eigenvalue weighted by molar-refractivity contribution is 9.10. The monoisotopic (exact) mass is 389 g/mol. The standard InChI is InChI=1S/C17H13BrFN3O2/c18-11-5-13(19)12-7-15(22-14(12)6-11)17(24)21-8-9-2-1-3-10(4-9)16(20)23/h1-7,22H,8H2,(H2,20,23)(H,21,24). The van der Waals surface area contributed by atoms with Crippen LogP contribution in [0, 0.1) is 5.82 Å². The SMILES string of the molecule is NC(=O)c1cccc(CNC(=O)c2cc3c(F)cc(Br)cc3[nH]2)c1. The number of hydrogen-bond donors (Lipinski definition) is 3. The normalized spacial score (nSPS) is 10.8. The first kappa shape index (κ1) is 16.2. The van der Waals surface area contributed by atoms with Crippen molar-refractivity contribution in [2.45, 2.75) is 6.54 Å². The van der Waals surface area contributed by atoms with Gasteiger partial charge in [0.05, 0.1) is 5.52 Å². The average Bonchev–Trinajstić information content (AvgIpc) is 2.97. The molecule has 122 valence electrons. The molecule has 7 heteroatoms. The van der Waals surface area contributed by atoms with Crippen LogP contribution in [0.1, 0.15) is 26.4 Å². The van der Waals surface area contributed by atoms with Crippen LogP contribution in [0.4, 0.5) is 4.39 Å². The number of carbonyl (C=O) groups excluding carboxylic acids is 2. The van der Waals surface area contributed by atoms with E-state index in [1.165, 1.54) is 12.1 Å². The quantitative estimate of drug-likeness (QED) is 0.639. The molecule has 0 bridgehead atoms. The van der Waals surface area contributed by atoms with Crippen LogP contribution >= 0.6 is 15.9 Å². The number of amides is 2. The summed E-state index contributed by atoms with van der Waals surface area (Å²) in [5.74, 6) is -1.31. The molecule has 0 aliphatic heterocycles. The van der Waals surface area contributed by atoms with Gasteiger partial charge in [0.25, 0.3) is 5.91 Å². The third kappa shape index (κ3) is 3.30. The first-order chi connectivity index (χ1) is 11.4. The second-order valence-electron chi connectivity index (χ2n) is 5.28. The number of rotatable bonds is 4. The van der Waals surface area contributed by atoms with E-state index in [4.69, 9.17) is 5.73 Å². The minimum atomic E-state index is -0.528. The van der Waals surface area contributed by atoms with Crippen LogP contribution in [0.15, 0.2) is 46.9 Å². The number of aromatic nitrogens is 1. The highest BCUT2D eigenvalue weighted by Crippen LogP contribution is 2.24. The molecular formula is C17H13BrFN3O2. The van der Waals surface area contributed by atoms with Gasteiger partial charge in [-0.15, -0.1) is 0 Å².